The van der Waals surface area contributed by atoms with Gasteiger partial charge in [-0.3, -0.25) is 9.80 Å². The summed E-state index contributed by atoms with van der Waals surface area (Å²) in [6, 6.07) is 25.1. The Morgan fingerprint density at radius 2 is 1.52 bits per heavy atom. The molecule has 2 fully saturated rings. The topological polar surface area (TPSA) is 6.48 Å². The lowest BCUT2D eigenvalue weighted by atomic mass is 9.87. The Morgan fingerprint density at radius 1 is 0.793 bits per heavy atom. The van der Waals surface area contributed by atoms with Crippen LogP contribution in [0.5, 0.6) is 0 Å². The molecule has 3 aromatic rings. The van der Waals surface area contributed by atoms with Gasteiger partial charge in [-0.05, 0) is 65.4 Å². The molecule has 2 nitrogen and oxygen atoms in total. The zero-order valence-corrected chi connectivity index (χ0v) is 17.8. The van der Waals surface area contributed by atoms with Gasteiger partial charge in [-0.1, -0.05) is 60.7 Å². The lowest BCUT2D eigenvalue weighted by Gasteiger charge is -2.38. The number of piperidine rings is 1. The van der Waals surface area contributed by atoms with Gasteiger partial charge in [0.2, 0.25) is 0 Å². The van der Waals surface area contributed by atoms with Gasteiger partial charge < -0.3 is 0 Å². The number of hydrogen-bond donors (Lipinski definition) is 0. The lowest BCUT2D eigenvalue weighted by molar-refractivity contribution is 0.143. The Kier molecular flexibility index (Phi) is 5.80. The van der Waals surface area contributed by atoms with E-state index in [0.29, 0.717) is 12.0 Å². The minimum Gasteiger partial charge on any atom is -0.298 e. The van der Waals surface area contributed by atoms with E-state index in [1.807, 2.05) is 11.3 Å². The van der Waals surface area contributed by atoms with E-state index in [0.717, 1.165) is 12.5 Å². The lowest BCUT2D eigenvalue weighted by Crippen LogP contribution is -2.44. The van der Waals surface area contributed by atoms with E-state index < -0.39 is 0 Å². The minimum absolute atomic E-state index is 0.637. The van der Waals surface area contributed by atoms with Gasteiger partial charge in [0.15, 0.2) is 0 Å². The molecule has 29 heavy (non-hydrogen) atoms. The van der Waals surface area contributed by atoms with Crippen molar-refractivity contribution in [1.82, 2.24) is 9.80 Å². The van der Waals surface area contributed by atoms with Crippen LogP contribution in [0, 0.1) is 0 Å². The first kappa shape index (κ1) is 19.0. The summed E-state index contributed by atoms with van der Waals surface area (Å²) in [5.41, 5.74) is 4.50. The number of hydrogen-bond acceptors (Lipinski definition) is 3. The molecule has 2 aliphatic rings. The molecule has 1 aromatic heterocycles. The summed E-state index contributed by atoms with van der Waals surface area (Å²) in [5.74, 6) is 1.37. The molecule has 0 saturated carbocycles. The van der Waals surface area contributed by atoms with E-state index in [4.69, 9.17) is 0 Å². The molecule has 0 N–H and O–H groups in total. The van der Waals surface area contributed by atoms with E-state index in [9.17, 15) is 0 Å². The molecule has 0 spiro atoms. The van der Waals surface area contributed by atoms with Crippen molar-refractivity contribution in [2.45, 2.75) is 37.3 Å². The Morgan fingerprint density at radius 3 is 2.21 bits per heavy atom. The van der Waals surface area contributed by atoms with Gasteiger partial charge in [-0.15, -0.1) is 0 Å². The maximum Gasteiger partial charge on any atom is 0.0304 e. The first-order valence-electron chi connectivity index (χ1n) is 10.9. The number of thiophene rings is 1. The quantitative estimate of drug-likeness (QED) is 0.548. The van der Waals surface area contributed by atoms with E-state index in [-0.39, 0.29) is 0 Å². The Balaban J connectivity index is 1.28. The molecule has 0 unspecified atom stereocenters. The minimum atomic E-state index is 0.637. The second kappa shape index (κ2) is 8.83. The van der Waals surface area contributed by atoms with Gasteiger partial charge in [0, 0.05) is 31.6 Å². The fourth-order valence-corrected chi connectivity index (χ4v) is 6.03. The molecule has 2 aliphatic heterocycles. The van der Waals surface area contributed by atoms with Crippen LogP contribution >= 0.6 is 11.3 Å². The monoisotopic (exact) mass is 402 g/mol. The normalized spacial score (nSPS) is 24.1. The first-order valence-corrected chi connectivity index (χ1v) is 11.9. The molecule has 2 saturated heterocycles. The summed E-state index contributed by atoms with van der Waals surface area (Å²) in [4.78, 5) is 5.47. The number of likely N-dealkylation sites (tertiary alicyclic amines) is 2. The molecule has 150 valence electrons. The van der Waals surface area contributed by atoms with Crippen LogP contribution in [-0.4, -0.2) is 42.0 Å². The van der Waals surface area contributed by atoms with Crippen molar-refractivity contribution in [3.05, 3.63) is 94.2 Å². The number of benzene rings is 2. The molecule has 0 amide bonds. The Hall–Kier alpha value is -1.94. The van der Waals surface area contributed by atoms with Gasteiger partial charge in [0.25, 0.3) is 0 Å². The van der Waals surface area contributed by atoms with Crippen LogP contribution in [0.15, 0.2) is 77.5 Å². The molecule has 3 heterocycles. The van der Waals surface area contributed by atoms with Crippen LogP contribution in [0.3, 0.4) is 0 Å². The number of nitrogens with zero attached hydrogens (tertiary/aromatic N) is 2. The molecule has 5 rings (SSSR count). The fraction of sp³-hybridized carbons (Fsp3) is 0.385. The van der Waals surface area contributed by atoms with Crippen molar-refractivity contribution in [2.24, 2.45) is 0 Å². The van der Waals surface area contributed by atoms with E-state index in [2.05, 4.69) is 87.3 Å². The van der Waals surface area contributed by atoms with Gasteiger partial charge in [0.05, 0.1) is 0 Å². The second-order valence-electron chi connectivity index (χ2n) is 8.63. The summed E-state index contributed by atoms with van der Waals surface area (Å²) in [6.07, 6.45) is 2.57. The van der Waals surface area contributed by atoms with Crippen LogP contribution in [0.1, 0.15) is 41.4 Å². The number of rotatable bonds is 5. The third-order valence-corrected chi connectivity index (χ3v) is 7.56. The molecular formula is C26H30N2S. The van der Waals surface area contributed by atoms with Gasteiger partial charge in [-0.2, -0.15) is 11.3 Å². The predicted octanol–water partition coefficient (Wildman–Crippen LogP) is 5.60. The zero-order valence-electron chi connectivity index (χ0n) is 17.0. The summed E-state index contributed by atoms with van der Waals surface area (Å²) < 4.78 is 0. The fourth-order valence-electron chi connectivity index (χ4n) is 5.31. The van der Waals surface area contributed by atoms with Crippen molar-refractivity contribution in [2.75, 3.05) is 26.2 Å². The highest BCUT2D eigenvalue weighted by Crippen LogP contribution is 2.36. The van der Waals surface area contributed by atoms with Crippen LogP contribution in [0.4, 0.5) is 0 Å². The standard InChI is InChI=1S/C26H30N2S/c1-3-7-21(8-4-1)17-27-18-25(24-13-16-29-20-24)26(19-27)28-14-11-23(12-15-28)22-9-5-2-6-10-22/h1-10,13,16,20,23,25-26H,11-12,14-15,17-19H2/t25-,26+/m1/s1. The van der Waals surface area contributed by atoms with E-state index in [1.165, 1.54) is 50.1 Å². The van der Waals surface area contributed by atoms with Crippen molar-refractivity contribution in [3.63, 3.8) is 0 Å². The summed E-state index contributed by atoms with van der Waals surface area (Å²) in [6.45, 7) is 5.88. The highest BCUT2D eigenvalue weighted by molar-refractivity contribution is 7.08. The van der Waals surface area contributed by atoms with Crippen LogP contribution in [-0.2, 0) is 6.54 Å². The first-order chi connectivity index (χ1) is 14.4. The van der Waals surface area contributed by atoms with Crippen molar-refractivity contribution >= 4 is 11.3 Å². The van der Waals surface area contributed by atoms with Crippen LogP contribution < -0.4 is 0 Å². The van der Waals surface area contributed by atoms with Crippen LogP contribution in [0.25, 0.3) is 0 Å². The average Bonchev–Trinajstić information content (AvgIpc) is 3.45. The highest BCUT2D eigenvalue weighted by Gasteiger charge is 2.38. The SMILES string of the molecule is c1ccc(CN2C[C@H](c3ccsc3)[C@@H](N3CCC(c4ccccc4)CC3)C2)cc1. The Bertz CT molecular complexity index is 870. The molecule has 0 aliphatic carbocycles. The van der Waals surface area contributed by atoms with Crippen LogP contribution in [0.2, 0.25) is 0 Å². The zero-order chi connectivity index (χ0) is 19.5. The molecule has 2 atom stereocenters. The predicted molar refractivity (Wildman–Crippen MR) is 123 cm³/mol. The van der Waals surface area contributed by atoms with Crippen molar-refractivity contribution in [1.29, 1.82) is 0 Å². The maximum atomic E-state index is 2.80. The van der Waals surface area contributed by atoms with Gasteiger partial charge in [-0.25, -0.2) is 0 Å². The summed E-state index contributed by atoms with van der Waals surface area (Å²) in [7, 11) is 0. The van der Waals surface area contributed by atoms with Gasteiger partial charge >= 0.3 is 0 Å². The molecule has 0 bridgehead atoms. The average molecular weight is 403 g/mol. The smallest absolute Gasteiger partial charge is 0.0304 e. The van der Waals surface area contributed by atoms with Gasteiger partial charge in [0.1, 0.15) is 0 Å². The summed E-state index contributed by atoms with van der Waals surface area (Å²) >= 11 is 1.84. The largest absolute Gasteiger partial charge is 0.298 e. The summed E-state index contributed by atoms with van der Waals surface area (Å²) in [5, 5.41) is 4.62. The molecule has 3 heteroatoms. The highest BCUT2D eigenvalue weighted by atomic mass is 32.1. The third-order valence-electron chi connectivity index (χ3n) is 6.85. The molecule has 2 aromatic carbocycles. The molecule has 0 radical (unpaired) electrons. The Labute approximate surface area is 178 Å². The maximum absolute atomic E-state index is 2.80. The van der Waals surface area contributed by atoms with Crippen molar-refractivity contribution < 1.29 is 0 Å². The van der Waals surface area contributed by atoms with E-state index in [1.54, 1.807) is 5.56 Å². The third kappa shape index (κ3) is 4.32. The van der Waals surface area contributed by atoms with E-state index >= 15 is 0 Å². The second-order valence-corrected chi connectivity index (χ2v) is 9.41. The molecular weight excluding hydrogens is 372 g/mol. The van der Waals surface area contributed by atoms with Crippen molar-refractivity contribution in [3.8, 4) is 0 Å².